The first kappa shape index (κ1) is 16.7. The fraction of sp³-hybridized carbons (Fsp3) is 0.143. The van der Waals surface area contributed by atoms with Crippen LogP contribution in [-0.2, 0) is 0 Å². The number of hydrogen-bond acceptors (Lipinski definition) is 5. The van der Waals surface area contributed by atoms with Crippen molar-refractivity contribution in [1.29, 1.82) is 0 Å². The highest BCUT2D eigenvalue weighted by Crippen LogP contribution is 2.33. The number of aliphatic hydroxyl groups is 1. The van der Waals surface area contributed by atoms with Crippen molar-refractivity contribution in [3.8, 4) is 10.6 Å². The molecule has 2 heterocycles. The van der Waals surface area contributed by atoms with Crippen LogP contribution in [0.5, 0.6) is 0 Å². The van der Waals surface area contributed by atoms with E-state index in [0.29, 0.717) is 12.4 Å². The monoisotopic (exact) mass is 361 g/mol. The van der Waals surface area contributed by atoms with Crippen molar-refractivity contribution in [3.05, 3.63) is 78.1 Å². The second-order valence-electron chi connectivity index (χ2n) is 6.25. The molecule has 0 spiro atoms. The number of hydrogen-bond donors (Lipinski definition) is 2. The Morgan fingerprint density at radius 2 is 1.88 bits per heavy atom. The minimum absolute atomic E-state index is 0.395. The van der Waals surface area contributed by atoms with Crippen LogP contribution in [0.25, 0.3) is 20.7 Å². The molecule has 5 heteroatoms. The SMILES string of the molecule is Cc1ccc2sc(-c3cc(NC[C@H](O)c4ccccc4)ncn3)cc2c1. The summed E-state index contributed by atoms with van der Waals surface area (Å²) in [7, 11) is 0. The van der Waals surface area contributed by atoms with Crippen LogP contribution in [-0.4, -0.2) is 21.6 Å². The maximum absolute atomic E-state index is 10.3. The predicted molar refractivity (Wildman–Crippen MR) is 107 cm³/mol. The first-order chi connectivity index (χ1) is 12.7. The highest BCUT2D eigenvalue weighted by Gasteiger charge is 2.09. The van der Waals surface area contributed by atoms with E-state index >= 15 is 0 Å². The summed E-state index contributed by atoms with van der Waals surface area (Å²) in [5.74, 6) is 0.707. The smallest absolute Gasteiger partial charge is 0.130 e. The van der Waals surface area contributed by atoms with Crippen LogP contribution in [0, 0.1) is 6.92 Å². The molecular weight excluding hydrogens is 342 g/mol. The lowest BCUT2D eigenvalue weighted by molar-refractivity contribution is 0.191. The van der Waals surface area contributed by atoms with Crippen molar-refractivity contribution in [2.24, 2.45) is 0 Å². The van der Waals surface area contributed by atoms with Gasteiger partial charge in [0.1, 0.15) is 12.1 Å². The normalized spacial score (nSPS) is 12.2. The van der Waals surface area contributed by atoms with Crippen LogP contribution in [0.15, 0.2) is 67.0 Å². The molecule has 0 fully saturated rings. The highest BCUT2D eigenvalue weighted by atomic mass is 32.1. The zero-order chi connectivity index (χ0) is 17.9. The van der Waals surface area contributed by atoms with E-state index in [9.17, 15) is 5.11 Å². The van der Waals surface area contributed by atoms with Gasteiger partial charge in [-0.05, 0) is 30.0 Å². The summed E-state index contributed by atoms with van der Waals surface area (Å²) >= 11 is 1.72. The maximum atomic E-state index is 10.3. The molecule has 2 N–H and O–H groups in total. The number of thiophene rings is 1. The lowest BCUT2D eigenvalue weighted by Crippen LogP contribution is -2.13. The van der Waals surface area contributed by atoms with Crippen LogP contribution in [0.1, 0.15) is 17.2 Å². The van der Waals surface area contributed by atoms with Gasteiger partial charge in [0.15, 0.2) is 0 Å². The summed E-state index contributed by atoms with van der Waals surface area (Å²) in [6.07, 6.45) is 0.976. The molecule has 0 aliphatic carbocycles. The van der Waals surface area contributed by atoms with E-state index in [4.69, 9.17) is 0 Å². The number of anilines is 1. The molecule has 4 rings (SSSR count). The minimum atomic E-state index is -0.582. The number of aryl methyl sites for hydroxylation is 1. The van der Waals surface area contributed by atoms with Gasteiger partial charge in [-0.3, -0.25) is 0 Å². The molecule has 0 saturated carbocycles. The second-order valence-corrected chi connectivity index (χ2v) is 7.33. The lowest BCUT2D eigenvalue weighted by Gasteiger charge is -2.12. The van der Waals surface area contributed by atoms with E-state index < -0.39 is 6.10 Å². The zero-order valence-electron chi connectivity index (χ0n) is 14.4. The fourth-order valence-corrected chi connectivity index (χ4v) is 3.88. The number of rotatable bonds is 5. The van der Waals surface area contributed by atoms with Crippen molar-refractivity contribution >= 4 is 27.2 Å². The molecule has 4 aromatic rings. The van der Waals surface area contributed by atoms with Crippen molar-refractivity contribution in [3.63, 3.8) is 0 Å². The van der Waals surface area contributed by atoms with Gasteiger partial charge in [-0.25, -0.2) is 9.97 Å². The molecule has 130 valence electrons. The number of aromatic nitrogens is 2. The summed E-state index contributed by atoms with van der Waals surface area (Å²) in [6.45, 7) is 2.49. The summed E-state index contributed by atoms with van der Waals surface area (Å²) in [5.41, 5.74) is 3.02. The van der Waals surface area contributed by atoms with Crippen molar-refractivity contribution < 1.29 is 5.11 Å². The van der Waals surface area contributed by atoms with Crippen molar-refractivity contribution in [1.82, 2.24) is 9.97 Å². The van der Waals surface area contributed by atoms with Crippen LogP contribution in [0.3, 0.4) is 0 Å². The molecule has 2 aromatic carbocycles. The summed E-state index contributed by atoms with van der Waals surface area (Å²) in [4.78, 5) is 9.79. The summed E-state index contributed by atoms with van der Waals surface area (Å²) in [6, 6.07) is 20.2. The van der Waals surface area contributed by atoms with Gasteiger partial charge < -0.3 is 10.4 Å². The van der Waals surface area contributed by atoms with Crippen LogP contribution in [0.2, 0.25) is 0 Å². The third-order valence-electron chi connectivity index (χ3n) is 4.25. The highest BCUT2D eigenvalue weighted by molar-refractivity contribution is 7.22. The van der Waals surface area contributed by atoms with Gasteiger partial charge in [0, 0.05) is 17.3 Å². The van der Waals surface area contributed by atoms with E-state index in [0.717, 1.165) is 16.1 Å². The van der Waals surface area contributed by atoms with Crippen molar-refractivity contribution in [2.75, 3.05) is 11.9 Å². The van der Waals surface area contributed by atoms with E-state index in [1.54, 1.807) is 17.7 Å². The third kappa shape index (κ3) is 3.59. The molecule has 0 aliphatic heterocycles. The Labute approximate surface area is 156 Å². The predicted octanol–water partition coefficient (Wildman–Crippen LogP) is 4.81. The van der Waals surface area contributed by atoms with Gasteiger partial charge in [0.2, 0.25) is 0 Å². The topological polar surface area (TPSA) is 58.0 Å². The first-order valence-electron chi connectivity index (χ1n) is 8.48. The fourth-order valence-electron chi connectivity index (χ4n) is 2.87. The standard InChI is InChI=1S/C21H19N3OS/c1-14-7-8-19-16(9-14)10-20(26-19)17-11-21(24-13-23-17)22-12-18(25)15-5-3-2-4-6-15/h2-11,13,18,25H,12H2,1H3,(H,22,23,24)/t18-/m0/s1. The Hall–Kier alpha value is -2.76. The molecule has 2 aromatic heterocycles. The van der Waals surface area contributed by atoms with Gasteiger partial charge in [0.05, 0.1) is 16.7 Å². The molecule has 0 unspecified atom stereocenters. The van der Waals surface area contributed by atoms with Gasteiger partial charge >= 0.3 is 0 Å². The molecule has 0 amide bonds. The Balaban J connectivity index is 1.52. The molecule has 0 aliphatic rings. The quantitative estimate of drug-likeness (QED) is 0.535. The minimum Gasteiger partial charge on any atom is -0.387 e. The maximum Gasteiger partial charge on any atom is 0.130 e. The number of benzene rings is 2. The Morgan fingerprint density at radius 1 is 1.04 bits per heavy atom. The first-order valence-corrected chi connectivity index (χ1v) is 9.30. The van der Waals surface area contributed by atoms with E-state index in [-0.39, 0.29) is 0 Å². The number of nitrogens with zero attached hydrogens (tertiary/aromatic N) is 2. The summed E-state index contributed by atoms with van der Waals surface area (Å²) in [5, 5.41) is 14.7. The number of aliphatic hydroxyl groups excluding tert-OH is 1. The third-order valence-corrected chi connectivity index (χ3v) is 5.39. The molecule has 4 nitrogen and oxygen atoms in total. The van der Waals surface area contributed by atoms with Crippen molar-refractivity contribution in [2.45, 2.75) is 13.0 Å². The van der Waals surface area contributed by atoms with Crippen LogP contribution < -0.4 is 5.32 Å². The number of fused-ring (bicyclic) bond motifs is 1. The van der Waals surface area contributed by atoms with E-state index in [1.165, 1.54) is 15.6 Å². The van der Waals surface area contributed by atoms with Gasteiger partial charge in [0.25, 0.3) is 0 Å². The largest absolute Gasteiger partial charge is 0.387 e. The molecule has 26 heavy (non-hydrogen) atoms. The average molecular weight is 361 g/mol. The zero-order valence-corrected chi connectivity index (χ0v) is 15.2. The van der Waals surface area contributed by atoms with Crippen LogP contribution in [0.4, 0.5) is 5.82 Å². The Kier molecular flexibility index (Phi) is 4.65. The van der Waals surface area contributed by atoms with Gasteiger partial charge in [-0.1, -0.05) is 48.0 Å². The Bertz CT molecular complexity index is 1030. The summed E-state index contributed by atoms with van der Waals surface area (Å²) < 4.78 is 1.25. The number of nitrogens with one attached hydrogen (secondary N) is 1. The van der Waals surface area contributed by atoms with E-state index in [2.05, 4.69) is 46.5 Å². The van der Waals surface area contributed by atoms with Gasteiger partial charge in [-0.2, -0.15) is 0 Å². The van der Waals surface area contributed by atoms with Gasteiger partial charge in [-0.15, -0.1) is 11.3 Å². The molecule has 1 atom stereocenters. The molecular formula is C21H19N3OS. The lowest BCUT2D eigenvalue weighted by atomic mass is 10.1. The molecule has 0 radical (unpaired) electrons. The molecule has 0 saturated heterocycles. The second kappa shape index (κ2) is 7.23. The Morgan fingerprint density at radius 3 is 2.73 bits per heavy atom. The van der Waals surface area contributed by atoms with Crippen LogP contribution >= 0.6 is 11.3 Å². The van der Waals surface area contributed by atoms with E-state index in [1.807, 2.05) is 36.4 Å². The average Bonchev–Trinajstić information content (AvgIpc) is 3.10. The molecule has 0 bridgehead atoms.